The van der Waals surface area contributed by atoms with E-state index >= 15 is 0 Å². The highest BCUT2D eigenvalue weighted by Gasteiger charge is 2.26. The molecule has 0 aromatic carbocycles. The highest BCUT2D eigenvalue weighted by molar-refractivity contribution is 5.73. The van der Waals surface area contributed by atoms with Crippen molar-refractivity contribution in [2.45, 2.75) is 40.7 Å². The van der Waals surface area contributed by atoms with Gasteiger partial charge in [0.25, 0.3) is 0 Å². The molecule has 0 saturated heterocycles. The second kappa shape index (κ2) is 6.00. The molecule has 0 amide bonds. The van der Waals surface area contributed by atoms with Crippen LogP contribution in [-0.2, 0) is 11.3 Å². The number of hydrogen-bond acceptors (Lipinski definition) is 3. The SMILES string of the molecule is Cc1cc(C)n(CCCNCC(C)(C)C(=O)O)n1. The Balaban J connectivity index is 2.24. The molecule has 0 unspecified atom stereocenters. The van der Waals surface area contributed by atoms with E-state index in [0.717, 1.165) is 25.2 Å². The van der Waals surface area contributed by atoms with Gasteiger partial charge in [0.2, 0.25) is 0 Å². The van der Waals surface area contributed by atoms with Gasteiger partial charge in [0.05, 0.1) is 11.1 Å². The smallest absolute Gasteiger partial charge is 0.310 e. The van der Waals surface area contributed by atoms with Gasteiger partial charge in [0.15, 0.2) is 0 Å². The fraction of sp³-hybridized carbons (Fsp3) is 0.692. The number of carboxylic acid groups (broad SMARTS) is 1. The minimum absolute atomic E-state index is 0.486. The van der Waals surface area contributed by atoms with Crippen LogP contribution in [0.5, 0.6) is 0 Å². The van der Waals surface area contributed by atoms with E-state index < -0.39 is 11.4 Å². The molecule has 1 rings (SSSR count). The lowest BCUT2D eigenvalue weighted by atomic mass is 9.94. The van der Waals surface area contributed by atoms with Crippen LogP contribution in [0, 0.1) is 19.3 Å². The summed E-state index contributed by atoms with van der Waals surface area (Å²) in [6.07, 6.45) is 0.942. The quantitative estimate of drug-likeness (QED) is 0.724. The molecule has 0 aliphatic carbocycles. The molecule has 0 aliphatic rings. The first-order valence-electron chi connectivity index (χ1n) is 6.28. The van der Waals surface area contributed by atoms with Crippen LogP contribution < -0.4 is 5.32 Å². The Morgan fingerprint density at radius 2 is 2.17 bits per heavy atom. The topological polar surface area (TPSA) is 67.2 Å². The van der Waals surface area contributed by atoms with Crippen LogP contribution in [-0.4, -0.2) is 33.9 Å². The van der Waals surface area contributed by atoms with Crippen LogP contribution in [0.2, 0.25) is 0 Å². The summed E-state index contributed by atoms with van der Waals surface area (Å²) in [6.45, 7) is 9.62. The predicted octanol–water partition coefficient (Wildman–Crippen LogP) is 1.59. The lowest BCUT2D eigenvalue weighted by molar-refractivity contribution is -0.146. The fourth-order valence-electron chi connectivity index (χ4n) is 1.73. The standard InChI is InChI=1S/C13H23N3O2/c1-10-8-11(2)16(15-10)7-5-6-14-9-13(3,4)12(17)18/h8,14H,5-7,9H2,1-4H3,(H,17,18). The van der Waals surface area contributed by atoms with E-state index in [9.17, 15) is 4.79 Å². The third-order valence-corrected chi connectivity index (χ3v) is 2.97. The molecule has 5 heteroatoms. The first kappa shape index (κ1) is 14.7. The van der Waals surface area contributed by atoms with Crippen molar-refractivity contribution in [3.8, 4) is 0 Å². The van der Waals surface area contributed by atoms with E-state index in [1.807, 2.05) is 18.5 Å². The van der Waals surface area contributed by atoms with Crippen molar-refractivity contribution in [2.24, 2.45) is 5.41 Å². The van der Waals surface area contributed by atoms with Gasteiger partial charge in [-0.1, -0.05) is 0 Å². The first-order valence-corrected chi connectivity index (χ1v) is 6.28. The first-order chi connectivity index (χ1) is 8.33. The molecule has 0 spiro atoms. The van der Waals surface area contributed by atoms with Gasteiger partial charge >= 0.3 is 5.97 Å². The molecule has 0 radical (unpaired) electrons. The number of aryl methyl sites for hydroxylation is 3. The second-order valence-electron chi connectivity index (χ2n) is 5.37. The van der Waals surface area contributed by atoms with E-state index in [0.29, 0.717) is 6.54 Å². The third-order valence-electron chi connectivity index (χ3n) is 2.97. The number of nitrogens with zero attached hydrogens (tertiary/aromatic N) is 2. The van der Waals surface area contributed by atoms with Crippen LogP contribution in [0.3, 0.4) is 0 Å². The van der Waals surface area contributed by atoms with Crippen molar-refractivity contribution in [1.29, 1.82) is 0 Å². The molecule has 0 bridgehead atoms. The van der Waals surface area contributed by atoms with Crippen LogP contribution in [0.4, 0.5) is 0 Å². The number of carboxylic acids is 1. The molecule has 1 aromatic rings. The molecule has 2 N–H and O–H groups in total. The average molecular weight is 253 g/mol. The molecule has 102 valence electrons. The van der Waals surface area contributed by atoms with E-state index in [4.69, 9.17) is 5.11 Å². The summed E-state index contributed by atoms with van der Waals surface area (Å²) in [5, 5.41) is 16.5. The maximum Gasteiger partial charge on any atom is 0.310 e. The molecule has 0 saturated carbocycles. The van der Waals surface area contributed by atoms with Gasteiger partial charge < -0.3 is 10.4 Å². The molecular weight excluding hydrogens is 230 g/mol. The van der Waals surface area contributed by atoms with E-state index in [2.05, 4.69) is 16.5 Å². The molecule has 1 aromatic heterocycles. The summed E-state index contributed by atoms with van der Waals surface area (Å²) in [6, 6.07) is 2.06. The second-order valence-corrected chi connectivity index (χ2v) is 5.37. The largest absolute Gasteiger partial charge is 0.481 e. The van der Waals surface area contributed by atoms with Crippen molar-refractivity contribution in [3.63, 3.8) is 0 Å². The van der Waals surface area contributed by atoms with Crippen molar-refractivity contribution >= 4 is 5.97 Å². The third kappa shape index (κ3) is 4.14. The number of nitrogens with one attached hydrogen (secondary N) is 1. The Morgan fingerprint density at radius 1 is 1.50 bits per heavy atom. The van der Waals surface area contributed by atoms with Crippen molar-refractivity contribution in [1.82, 2.24) is 15.1 Å². The van der Waals surface area contributed by atoms with E-state index in [1.54, 1.807) is 13.8 Å². The average Bonchev–Trinajstić information content (AvgIpc) is 2.56. The fourth-order valence-corrected chi connectivity index (χ4v) is 1.73. The molecule has 0 aliphatic heterocycles. The van der Waals surface area contributed by atoms with E-state index in [1.165, 1.54) is 5.69 Å². The predicted molar refractivity (Wildman–Crippen MR) is 70.6 cm³/mol. The number of aromatic nitrogens is 2. The zero-order valence-electron chi connectivity index (χ0n) is 11.7. The summed E-state index contributed by atoms with van der Waals surface area (Å²) < 4.78 is 1.99. The summed E-state index contributed by atoms with van der Waals surface area (Å²) in [5.41, 5.74) is 1.49. The molecule has 18 heavy (non-hydrogen) atoms. The van der Waals surface area contributed by atoms with Crippen molar-refractivity contribution < 1.29 is 9.90 Å². The zero-order valence-corrected chi connectivity index (χ0v) is 11.7. The van der Waals surface area contributed by atoms with Gasteiger partial charge in [-0.15, -0.1) is 0 Å². The van der Waals surface area contributed by atoms with E-state index in [-0.39, 0.29) is 0 Å². The lowest BCUT2D eigenvalue weighted by Crippen LogP contribution is -2.36. The molecular formula is C13H23N3O2. The summed E-state index contributed by atoms with van der Waals surface area (Å²) >= 11 is 0. The normalized spacial score (nSPS) is 11.8. The minimum atomic E-state index is -0.770. The van der Waals surface area contributed by atoms with Crippen LogP contribution in [0.15, 0.2) is 6.07 Å². The highest BCUT2D eigenvalue weighted by Crippen LogP contribution is 2.12. The molecule has 5 nitrogen and oxygen atoms in total. The minimum Gasteiger partial charge on any atom is -0.481 e. The van der Waals surface area contributed by atoms with Crippen LogP contribution >= 0.6 is 0 Å². The Kier molecular flexibility index (Phi) is 4.90. The maximum atomic E-state index is 10.9. The van der Waals surface area contributed by atoms with Crippen LogP contribution in [0.1, 0.15) is 31.7 Å². The van der Waals surface area contributed by atoms with Crippen molar-refractivity contribution in [3.05, 3.63) is 17.5 Å². The van der Waals surface area contributed by atoms with Gasteiger partial charge in [0, 0.05) is 18.8 Å². The summed E-state index contributed by atoms with van der Waals surface area (Å²) in [7, 11) is 0. The molecule has 0 fully saturated rings. The zero-order chi connectivity index (χ0) is 13.8. The number of rotatable bonds is 7. The van der Waals surface area contributed by atoms with Gasteiger partial charge in [-0.25, -0.2) is 0 Å². The maximum absolute atomic E-state index is 10.9. The lowest BCUT2D eigenvalue weighted by Gasteiger charge is -2.19. The van der Waals surface area contributed by atoms with Gasteiger partial charge in [0.1, 0.15) is 0 Å². The Bertz CT molecular complexity index is 410. The van der Waals surface area contributed by atoms with Crippen LogP contribution in [0.25, 0.3) is 0 Å². The highest BCUT2D eigenvalue weighted by atomic mass is 16.4. The summed E-state index contributed by atoms with van der Waals surface area (Å²) in [5.74, 6) is -0.770. The number of carbonyl (C=O) groups is 1. The summed E-state index contributed by atoms with van der Waals surface area (Å²) in [4.78, 5) is 10.9. The monoisotopic (exact) mass is 253 g/mol. The Labute approximate surface area is 108 Å². The van der Waals surface area contributed by atoms with Gasteiger partial charge in [-0.05, 0) is 46.7 Å². The molecule has 0 atom stereocenters. The Morgan fingerprint density at radius 3 is 2.67 bits per heavy atom. The van der Waals surface area contributed by atoms with Gasteiger partial charge in [-0.2, -0.15) is 5.10 Å². The number of aliphatic carboxylic acids is 1. The molecule has 1 heterocycles. The van der Waals surface area contributed by atoms with Crippen molar-refractivity contribution in [2.75, 3.05) is 13.1 Å². The Hall–Kier alpha value is -1.36. The van der Waals surface area contributed by atoms with Gasteiger partial charge in [-0.3, -0.25) is 9.48 Å². The number of hydrogen-bond donors (Lipinski definition) is 2.